The van der Waals surface area contributed by atoms with Crippen LogP contribution in [0.5, 0.6) is 11.5 Å². The highest BCUT2D eigenvalue weighted by Gasteiger charge is 2.70. The minimum absolute atomic E-state index is 0.0147. The number of methoxy groups -OCH3 is 1. The molecule has 6 amide bonds. The number of nitrogens with one attached hydrogen (secondary N) is 1. The van der Waals surface area contributed by atoms with Gasteiger partial charge in [0.15, 0.2) is 11.5 Å². The molecule has 0 radical (unpaired) electrons. The van der Waals surface area contributed by atoms with Gasteiger partial charge in [0.25, 0.3) is 11.8 Å². The summed E-state index contributed by atoms with van der Waals surface area (Å²) < 4.78 is 19.2. The molecule has 1 saturated carbocycles. The molecule has 240 valence electrons. The lowest BCUT2D eigenvalue weighted by atomic mass is 9.49. The number of phenolic OH excluding ortho intramolecular Hbond substituents is 1. The van der Waals surface area contributed by atoms with Crippen LogP contribution in [-0.2, 0) is 24.6 Å². The first-order chi connectivity index (χ1) is 22.5. The molecular weight excluding hydrogens is 631 g/mol. The van der Waals surface area contributed by atoms with Gasteiger partial charge < -0.3 is 15.6 Å². The average molecular weight is 659 g/mol. The maximum atomic E-state index is 15.0. The van der Waals surface area contributed by atoms with Gasteiger partial charge >= 0.3 is 6.03 Å². The number of anilines is 1. The number of aromatic hydroxyl groups is 1. The van der Waals surface area contributed by atoms with Gasteiger partial charge in [-0.05, 0) is 78.4 Å². The number of primary amides is 1. The maximum Gasteiger partial charge on any atom is 0.328 e. The SMILES string of the molecule is COc1cc(C2C3=CCC4C(=O)N(C(N)=O)C(=O)C4C3CC3C(=O)N(Nc4ccc(F)cc4)C(=O)C32c2ccc(Cl)cc2)ccc1O. The molecule has 4 N–H and O–H groups in total. The van der Waals surface area contributed by atoms with Gasteiger partial charge in [-0.2, -0.15) is 9.91 Å². The summed E-state index contributed by atoms with van der Waals surface area (Å²) in [7, 11) is 1.38. The first-order valence-electron chi connectivity index (χ1n) is 14.9. The number of nitrogens with zero attached hydrogens (tertiary/aromatic N) is 2. The van der Waals surface area contributed by atoms with Crippen molar-refractivity contribution in [3.8, 4) is 11.5 Å². The molecule has 0 aromatic heterocycles. The number of rotatable bonds is 5. The number of hydrazine groups is 1. The van der Waals surface area contributed by atoms with Crippen molar-refractivity contribution >= 4 is 46.9 Å². The molecule has 11 nitrogen and oxygen atoms in total. The third-order valence-corrected chi connectivity index (χ3v) is 10.3. The highest BCUT2D eigenvalue weighted by atomic mass is 35.5. The molecule has 2 aliphatic heterocycles. The van der Waals surface area contributed by atoms with Crippen LogP contribution in [-0.4, -0.2) is 51.8 Å². The van der Waals surface area contributed by atoms with Crippen LogP contribution >= 0.6 is 11.6 Å². The fourth-order valence-corrected chi connectivity index (χ4v) is 8.25. The van der Waals surface area contributed by atoms with E-state index in [1.165, 1.54) is 37.4 Å². The summed E-state index contributed by atoms with van der Waals surface area (Å²) in [6, 6.07) is 15.2. The Hall–Kier alpha value is -5.23. The third-order valence-electron chi connectivity index (χ3n) is 10.0. The molecule has 3 aromatic carbocycles. The van der Waals surface area contributed by atoms with Crippen molar-refractivity contribution in [1.29, 1.82) is 0 Å². The molecule has 7 rings (SSSR count). The number of phenols is 1. The monoisotopic (exact) mass is 658 g/mol. The van der Waals surface area contributed by atoms with Crippen molar-refractivity contribution in [3.05, 3.63) is 100 Å². The number of allylic oxidation sites excluding steroid dienone is 2. The number of amides is 6. The quantitative estimate of drug-likeness (QED) is 0.271. The van der Waals surface area contributed by atoms with E-state index in [2.05, 4.69) is 5.43 Å². The lowest BCUT2D eigenvalue weighted by Gasteiger charge is -2.50. The van der Waals surface area contributed by atoms with E-state index in [0.717, 1.165) is 5.01 Å². The van der Waals surface area contributed by atoms with Crippen molar-refractivity contribution < 1.29 is 38.2 Å². The summed E-state index contributed by atoms with van der Waals surface area (Å²) in [6.07, 6.45) is 1.89. The van der Waals surface area contributed by atoms with E-state index in [1.807, 2.05) is 6.08 Å². The molecule has 2 aliphatic carbocycles. The number of imide groups is 4. The Balaban J connectivity index is 1.47. The van der Waals surface area contributed by atoms with Gasteiger partial charge in [-0.15, -0.1) is 0 Å². The number of carbonyl (C=O) groups excluding carboxylic acids is 5. The van der Waals surface area contributed by atoms with Gasteiger partial charge in [0.05, 0.1) is 36.0 Å². The van der Waals surface area contributed by atoms with E-state index >= 15 is 4.79 Å². The average Bonchev–Trinajstić information content (AvgIpc) is 3.43. The fraction of sp³-hybridized carbons (Fsp3) is 0.265. The summed E-state index contributed by atoms with van der Waals surface area (Å²) in [5.41, 5.74) is 8.58. The van der Waals surface area contributed by atoms with Crippen LogP contribution < -0.4 is 15.9 Å². The minimum atomic E-state index is -1.61. The molecule has 13 heteroatoms. The second kappa shape index (κ2) is 10.9. The number of hydrogen-bond donors (Lipinski definition) is 3. The Labute approximate surface area is 272 Å². The Bertz CT molecular complexity index is 1900. The predicted molar refractivity (Wildman–Crippen MR) is 165 cm³/mol. The number of ether oxygens (including phenoxy) is 1. The van der Waals surface area contributed by atoms with Gasteiger partial charge in [-0.1, -0.05) is 41.4 Å². The van der Waals surface area contributed by atoms with Gasteiger partial charge in [-0.3, -0.25) is 24.6 Å². The molecule has 3 fully saturated rings. The number of carbonyl (C=O) groups is 5. The molecule has 3 aromatic rings. The van der Waals surface area contributed by atoms with Gasteiger partial charge in [0.2, 0.25) is 11.8 Å². The zero-order valence-corrected chi connectivity index (χ0v) is 25.6. The number of urea groups is 1. The topological polar surface area (TPSA) is 159 Å². The number of benzene rings is 3. The van der Waals surface area contributed by atoms with Crippen LogP contribution in [0.25, 0.3) is 0 Å². The molecule has 0 spiro atoms. The van der Waals surface area contributed by atoms with Crippen LogP contribution in [0.2, 0.25) is 5.02 Å². The first-order valence-corrected chi connectivity index (χ1v) is 15.3. The number of hydrogen-bond acceptors (Lipinski definition) is 8. The zero-order valence-electron chi connectivity index (χ0n) is 24.9. The number of nitrogens with two attached hydrogens (primary N) is 1. The van der Waals surface area contributed by atoms with E-state index in [9.17, 15) is 28.7 Å². The maximum absolute atomic E-state index is 15.0. The highest BCUT2D eigenvalue weighted by molar-refractivity contribution is 6.30. The lowest BCUT2D eigenvalue weighted by molar-refractivity contribution is -0.139. The number of halogens is 2. The largest absolute Gasteiger partial charge is 0.504 e. The Morgan fingerprint density at radius 1 is 1.00 bits per heavy atom. The summed E-state index contributed by atoms with van der Waals surface area (Å²) in [4.78, 5) is 69.2. The highest BCUT2D eigenvalue weighted by Crippen LogP contribution is 2.64. The third kappa shape index (κ3) is 4.34. The second-order valence-corrected chi connectivity index (χ2v) is 12.6. The van der Waals surface area contributed by atoms with Crippen LogP contribution in [0.1, 0.15) is 29.9 Å². The van der Waals surface area contributed by atoms with E-state index in [1.54, 1.807) is 36.4 Å². The molecule has 0 bridgehead atoms. The summed E-state index contributed by atoms with van der Waals surface area (Å²) in [5, 5.41) is 11.8. The summed E-state index contributed by atoms with van der Waals surface area (Å²) in [6.45, 7) is 0. The van der Waals surface area contributed by atoms with E-state index in [-0.39, 0.29) is 30.0 Å². The molecule has 2 saturated heterocycles. The molecule has 2 heterocycles. The van der Waals surface area contributed by atoms with Crippen LogP contribution in [0, 0.1) is 29.5 Å². The number of likely N-dealkylation sites (tertiary alicyclic amines) is 1. The second-order valence-electron chi connectivity index (χ2n) is 12.2. The molecule has 6 atom stereocenters. The molecular formula is C34H28ClFN4O7. The van der Waals surface area contributed by atoms with Crippen LogP contribution in [0.15, 0.2) is 78.4 Å². The Morgan fingerprint density at radius 3 is 2.36 bits per heavy atom. The van der Waals surface area contributed by atoms with E-state index < -0.39 is 70.5 Å². The van der Waals surface area contributed by atoms with Crippen molar-refractivity contribution in [2.45, 2.75) is 24.2 Å². The van der Waals surface area contributed by atoms with Gasteiger partial charge in [-0.25, -0.2) is 9.18 Å². The summed E-state index contributed by atoms with van der Waals surface area (Å²) in [5.74, 6) is -7.79. The van der Waals surface area contributed by atoms with Crippen molar-refractivity contribution in [1.82, 2.24) is 9.91 Å². The minimum Gasteiger partial charge on any atom is -0.504 e. The van der Waals surface area contributed by atoms with Gasteiger partial charge in [0, 0.05) is 10.9 Å². The first kappa shape index (κ1) is 30.4. The van der Waals surface area contributed by atoms with Crippen LogP contribution in [0.3, 0.4) is 0 Å². The Morgan fingerprint density at radius 2 is 1.70 bits per heavy atom. The molecule has 6 unspecified atom stereocenters. The van der Waals surface area contributed by atoms with Crippen molar-refractivity contribution in [3.63, 3.8) is 0 Å². The normalized spacial score (nSPS) is 28.1. The van der Waals surface area contributed by atoms with Crippen LogP contribution in [0.4, 0.5) is 14.9 Å². The van der Waals surface area contributed by atoms with Crippen molar-refractivity contribution in [2.24, 2.45) is 29.4 Å². The molecule has 4 aliphatic rings. The smallest absolute Gasteiger partial charge is 0.328 e. The fourth-order valence-electron chi connectivity index (χ4n) is 8.12. The number of fused-ring (bicyclic) bond motifs is 4. The standard InChI is InChI=1S/C34H28ClFN4O7/c1-47-26-14-16(2-13-25(26)41)28-21-11-12-22-27(31(44)39(29(22)42)33(37)46)23(21)15-24-30(43)40(38-20-9-7-19(36)8-10-20)32(45)34(24,28)17-3-5-18(35)6-4-17/h2-11,13-14,22-24,27-28,38,41H,12,15H2,1H3,(H2,37,46). The summed E-state index contributed by atoms with van der Waals surface area (Å²) >= 11 is 6.28. The zero-order chi connectivity index (χ0) is 33.4. The van der Waals surface area contributed by atoms with E-state index in [0.29, 0.717) is 26.6 Å². The predicted octanol–water partition coefficient (Wildman–Crippen LogP) is 4.26. The van der Waals surface area contributed by atoms with Crippen molar-refractivity contribution in [2.75, 3.05) is 12.5 Å². The van der Waals surface area contributed by atoms with Gasteiger partial charge in [0.1, 0.15) is 5.82 Å². The molecule has 47 heavy (non-hydrogen) atoms. The Kier molecular flexibility index (Phi) is 7.08. The lowest BCUT2D eigenvalue weighted by Crippen LogP contribution is -2.53. The van der Waals surface area contributed by atoms with E-state index in [4.69, 9.17) is 22.1 Å².